The number of carbonyl (C=O) groups excluding carboxylic acids is 1. The standard InChI is InChI=1S/C14H19ClN2O.ClH/c1-2-17(14(18)12-6-7-16-9-12)10-11-4-3-5-13(15)8-11;/h3-5,8,12,16H,2,6-7,9-10H2,1H3;1H. The molecule has 2 rings (SSSR count). The minimum atomic E-state index is 0. The van der Waals surface area contributed by atoms with Gasteiger partial charge >= 0.3 is 0 Å². The quantitative estimate of drug-likeness (QED) is 0.927. The number of halogens is 2. The molecule has 0 bridgehead atoms. The van der Waals surface area contributed by atoms with Crippen molar-refractivity contribution in [1.29, 1.82) is 0 Å². The number of benzene rings is 1. The van der Waals surface area contributed by atoms with Crippen molar-refractivity contribution in [3.63, 3.8) is 0 Å². The van der Waals surface area contributed by atoms with E-state index in [0.29, 0.717) is 6.54 Å². The van der Waals surface area contributed by atoms with E-state index in [9.17, 15) is 4.79 Å². The van der Waals surface area contributed by atoms with Crippen molar-refractivity contribution in [1.82, 2.24) is 10.2 Å². The molecule has 0 spiro atoms. The fourth-order valence-electron chi connectivity index (χ4n) is 2.32. The van der Waals surface area contributed by atoms with E-state index in [0.717, 1.165) is 36.6 Å². The van der Waals surface area contributed by atoms with Crippen molar-refractivity contribution in [2.24, 2.45) is 5.92 Å². The van der Waals surface area contributed by atoms with Crippen LogP contribution in [0, 0.1) is 5.92 Å². The van der Waals surface area contributed by atoms with Crippen molar-refractivity contribution in [3.05, 3.63) is 34.9 Å². The van der Waals surface area contributed by atoms with Crippen LogP contribution in [-0.4, -0.2) is 30.4 Å². The highest BCUT2D eigenvalue weighted by atomic mass is 35.5. The molecule has 1 heterocycles. The number of hydrogen-bond acceptors (Lipinski definition) is 2. The Morgan fingerprint density at radius 1 is 1.53 bits per heavy atom. The van der Waals surface area contributed by atoms with Gasteiger partial charge in [0.25, 0.3) is 0 Å². The molecule has 1 fully saturated rings. The fourth-order valence-corrected chi connectivity index (χ4v) is 2.54. The van der Waals surface area contributed by atoms with Crippen molar-refractivity contribution in [3.8, 4) is 0 Å². The van der Waals surface area contributed by atoms with E-state index in [2.05, 4.69) is 5.32 Å². The Bertz CT molecular complexity index is 420. The van der Waals surface area contributed by atoms with E-state index in [-0.39, 0.29) is 24.2 Å². The molecule has 1 unspecified atom stereocenters. The maximum Gasteiger partial charge on any atom is 0.227 e. The van der Waals surface area contributed by atoms with Crippen molar-refractivity contribution in [2.75, 3.05) is 19.6 Å². The molecular formula is C14H20Cl2N2O. The molecule has 1 N–H and O–H groups in total. The summed E-state index contributed by atoms with van der Waals surface area (Å²) in [6.07, 6.45) is 0.949. The molecule has 1 atom stereocenters. The molecule has 1 aromatic carbocycles. The lowest BCUT2D eigenvalue weighted by atomic mass is 10.1. The highest BCUT2D eigenvalue weighted by Gasteiger charge is 2.26. The molecule has 19 heavy (non-hydrogen) atoms. The van der Waals surface area contributed by atoms with Crippen LogP contribution in [0.5, 0.6) is 0 Å². The Morgan fingerprint density at radius 2 is 2.32 bits per heavy atom. The third kappa shape index (κ3) is 4.37. The fraction of sp³-hybridized carbons (Fsp3) is 0.500. The first-order valence-electron chi connectivity index (χ1n) is 6.44. The Labute approximate surface area is 125 Å². The van der Waals surface area contributed by atoms with Gasteiger partial charge in [-0.15, -0.1) is 12.4 Å². The lowest BCUT2D eigenvalue weighted by Gasteiger charge is -2.24. The molecule has 0 aromatic heterocycles. The van der Waals surface area contributed by atoms with Crippen LogP contribution in [0.3, 0.4) is 0 Å². The summed E-state index contributed by atoms with van der Waals surface area (Å²) in [7, 11) is 0. The van der Waals surface area contributed by atoms with Gasteiger partial charge in [-0.3, -0.25) is 4.79 Å². The number of rotatable bonds is 4. The molecule has 3 nitrogen and oxygen atoms in total. The molecular weight excluding hydrogens is 283 g/mol. The van der Waals surface area contributed by atoms with Crippen LogP contribution in [0.1, 0.15) is 18.9 Å². The van der Waals surface area contributed by atoms with Crippen molar-refractivity contribution >= 4 is 29.9 Å². The van der Waals surface area contributed by atoms with Gasteiger partial charge in [0, 0.05) is 24.7 Å². The molecule has 1 saturated heterocycles. The molecule has 0 aliphatic carbocycles. The van der Waals surface area contributed by atoms with E-state index in [1.807, 2.05) is 36.1 Å². The van der Waals surface area contributed by atoms with Gasteiger partial charge in [-0.05, 0) is 37.6 Å². The maximum absolute atomic E-state index is 12.3. The summed E-state index contributed by atoms with van der Waals surface area (Å²) in [5.41, 5.74) is 1.09. The number of hydrogen-bond donors (Lipinski definition) is 1. The Kier molecular flexibility index (Phi) is 6.63. The second-order valence-corrected chi connectivity index (χ2v) is 5.11. The van der Waals surface area contributed by atoms with Gasteiger partial charge in [0.05, 0.1) is 5.92 Å². The zero-order valence-electron chi connectivity index (χ0n) is 11.1. The monoisotopic (exact) mass is 302 g/mol. The SMILES string of the molecule is CCN(Cc1cccc(Cl)c1)C(=O)C1CCNC1.Cl. The third-order valence-corrected chi connectivity index (χ3v) is 3.60. The number of nitrogens with zero attached hydrogens (tertiary/aromatic N) is 1. The minimum absolute atomic E-state index is 0. The summed E-state index contributed by atoms with van der Waals surface area (Å²) >= 11 is 5.96. The minimum Gasteiger partial charge on any atom is -0.338 e. The predicted molar refractivity (Wildman–Crippen MR) is 80.8 cm³/mol. The smallest absolute Gasteiger partial charge is 0.227 e. The predicted octanol–water partition coefficient (Wildman–Crippen LogP) is 2.72. The second kappa shape index (κ2) is 7.73. The number of nitrogens with one attached hydrogen (secondary N) is 1. The zero-order chi connectivity index (χ0) is 13.0. The summed E-state index contributed by atoms with van der Waals surface area (Å²) in [6.45, 7) is 5.16. The number of amides is 1. The van der Waals surface area contributed by atoms with Crippen LogP contribution < -0.4 is 5.32 Å². The second-order valence-electron chi connectivity index (χ2n) is 4.67. The van der Waals surface area contributed by atoms with Crippen LogP contribution in [0.2, 0.25) is 5.02 Å². The van der Waals surface area contributed by atoms with Gasteiger partial charge in [0.2, 0.25) is 5.91 Å². The summed E-state index contributed by atoms with van der Waals surface area (Å²) in [5.74, 6) is 0.395. The highest BCUT2D eigenvalue weighted by Crippen LogP contribution is 2.16. The number of carbonyl (C=O) groups is 1. The third-order valence-electron chi connectivity index (χ3n) is 3.37. The Balaban J connectivity index is 0.00000180. The van der Waals surface area contributed by atoms with E-state index in [1.54, 1.807) is 0 Å². The molecule has 5 heteroatoms. The van der Waals surface area contributed by atoms with E-state index < -0.39 is 0 Å². The van der Waals surface area contributed by atoms with Gasteiger partial charge < -0.3 is 10.2 Å². The molecule has 106 valence electrons. The Morgan fingerprint density at radius 3 is 2.89 bits per heavy atom. The van der Waals surface area contributed by atoms with Crippen molar-refractivity contribution in [2.45, 2.75) is 19.9 Å². The average molecular weight is 303 g/mol. The van der Waals surface area contributed by atoms with Crippen LogP contribution in [0.15, 0.2) is 24.3 Å². The lowest BCUT2D eigenvalue weighted by Crippen LogP contribution is -2.36. The highest BCUT2D eigenvalue weighted by molar-refractivity contribution is 6.30. The van der Waals surface area contributed by atoms with E-state index in [4.69, 9.17) is 11.6 Å². The molecule has 1 aliphatic rings. The first kappa shape index (κ1) is 16.3. The van der Waals surface area contributed by atoms with Crippen LogP contribution >= 0.6 is 24.0 Å². The molecule has 1 amide bonds. The van der Waals surface area contributed by atoms with Crippen LogP contribution in [0.25, 0.3) is 0 Å². The normalized spacial score (nSPS) is 17.9. The summed E-state index contributed by atoms with van der Waals surface area (Å²) < 4.78 is 0. The summed E-state index contributed by atoms with van der Waals surface area (Å²) in [6, 6.07) is 7.70. The molecule has 0 saturated carbocycles. The molecule has 1 aliphatic heterocycles. The van der Waals surface area contributed by atoms with Gasteiger partial charge in [0.15, 0.2) is 0 Å². The average Bonchev–Trinajstić information content (AvgIpc) is 2.89. The van der Waals surface area contributed by atoms with Gasteiger partial charge in [0.1, 0.15) is 0 Å². The first-order chi connectivity index (χ1) is 8.70. The van der Waals surface area contributed by atoms with Crippen LogP contribution in [0.4, 0.5) is 0 Å². The van der Waals surface area contributed by atoms with Crippen LogP contribution in [-0.2, 0) is 11.3 Å². The first-order valence-corrected chi connectivity index (χ1v) is 6.82. The maximum atomic E-state index is 12.3. The van der Waals surface area contributed by atoms with Gasteiger partial charge in [-0.2, -0.15) is 0 Å². The lowest BCUT2D eigenvalue weighted by molar-refractivity contribution is -0.135. The summed E-state index contributed by atoms with van der Waals surface area (Å²) in [4.78, 5) is 14.2. The topological polar surface area (TPSA) is 32.3 Å². The Hall–Kier alpha value is -0.770. The largest absolute Gasteiger partial charge is 0.338 e. The van der Waals surface area contributed by atoms with Gasteiger partial charge in [-0.25, -0.2) is 0 Å². The van der Waals surface area contributed by atoms with E-state index >= 15 is 0 Å². The van der Waals surface area contributed by atoms with Gasteiger partial charge in [-0.1, -0.05) is 23.7 Å². The molecule has 0 radical (unpaired) electrons. The van der Waals surface area contributed by atoms with E-state index in [1.165, 1.54) is 0 Å². The summed E-state index contributed by atoms with van der Waals surface area (Å²) in [5, 5.41) is 3.96. The zero-order valence-corrected chi connectivity index (χ0v) is 12.6. The van der Waals surface area contributed by atoms with Crippen molar-refractivity contribution < 1.29 is 4.79 Å². The molecule has 1 aromatic rings.